The molecule has 0 amide bonds. The summed E-state index contributed by atoms with van der Waals surface area (Å²) in [5.74, 6) is -71.5. The second-order valence-electron chi connectivity index (χ2n) is 12.6. The van der Waals surface area contributed by atoms with Gasteiger partial charge in [-0.2, -0.15) is 4.57 Å². The molecule has 5 aromatic carbocycles. The van der Waals surface area contributed by atoms with Gasteiger partial charge in [0.1, 0.15) is 52.7 Å². The van der Waals surface area contributed by atoms with Crippen LogP contribution in [-0.2, 0) is 17.3 Å². The molecule has 1 heterocycles. The molecule has 0 fully saturated rings. The van der Waals surface area contributed by atoms with Gasteiger partial charge in [0.15, 0.2) is 82.2 Å². The summed E-state index contributed by atoms with van der Waals surface area (Å²) < 4.78 is 307. The molecule has 0 spiro atoms. The minimum Gasteiger partial charge on any atom is -0.287 e. The van der Waals surface area contributed by atoms with Crippen LogP contribution in [0, 0.1) is 116 Å². The third-order valence-corrected chi connectivity index (χ3v) is 10.2. The van der Waals surface area contributed by atoms with Crippen molar-refractivity contribution < 1.29 is 101 Å². The van der Waals surface area contributed by atoms with Crippen LogP contribution < -0.4 is 26.4 Å². The fourth-order valence-corrected chi connectivity index (χ4v) is 7.29. The molecule has 0 aliphatic carbocycles. The first kappa shape index (κ1) is 47.7. The fourth-order valence-electron chi connectivity index (χ4n) is 6.53. The Morgan fingerprint density at radius 1 is 0.460 bits per heavy atom. The quantitative estimate of drug-likeness (QED) is 0.0420. The summed E-state index contributed by atoms with van der Waals surface area (Å²) in [7, 11) is -1.16. The summed E-state index contributed by atoms with van der Waals surface area (Å²) in [5.41, 5.74) is -13.8. The molecule has 26 heteroatoms. The van der Waals surface area contributed by atoms with E-state index in [1.54, 1.807) is 59.9 Å². The van der Waals surface area contributed by atoms with E-state index in [4.69, 9.17) is 0 Å². The molecule has 1 atom stereocenters. The smallest absolute Gasteiger partial charge is 0.228 e. The van der Waals surface area contributed by atoms with E-state index in [0.717, 1.165) is 0 Å². The van der Waals surface area contributed by atoms with Gasteiger partial charge < -0.3 is 0 Å². The number of benzene rings is 5. The van der Waals surface area contributed by atoms with Crippen LogP contribution in [0.2, 0.25) is 0 Å². The Morgan fingerprint density at radius 3 is 0.984 bits per heavy atom. The summed E-state index contributed by atoms with van der Waals surface area (Å²) in [6, 6.07) is 7.00. The van der Waals surface area contributed by atoms with Crippen LogP contribution in [0.5, 0.6) is 0 Å². The van der Waals surface area contributed by atoms with Crippen molar-refractivity contribution in [1.29, 1.82) is 0 Å². The van der Waals surface area contributed by atoms with Crippen molar-refractivity contribution >= 4 is 44.6 Å². The van der Waals surface area contributed by atoms with E-state index in [9.17, 15) is 61.7 Å². The fraction of sp³-hybridized carbons (Fsp3) is 0.0541. The number of hydrogen-bond donors (Lipinski definition) is 0. The van der Waals surface area contributed by atoms with Gasteiger partial charge in [-0.05, 0) is 12.1 Å². The average molecular weight is 940 g/mol. The SMILES string of the molecule is CS(=O)c1ccccc1C(=O)C[n+]1ccncc1.Fc1c(F)c(F)c([B-](c2c(F)c(F)c(F)c(F)c2F)(c2c(F)c(F)c(F)c(F)c2F)c2c(F)c(F)c(F)c(F)c2F)c(F)c1F. The Balaban J connectivity index is 0.000000345. The average Bonchev–Trinajstić information content (AvgIpc) is 3.26. The summed E-state index contributed by atoms with van der Waals surface area (Å²) in [5, 5.41) is 0. The van der Waals surface area contributed by atoms with Gasteiger partial charge in [-0.3, -0.25) is 14.0 Å². The predicted octanol–water partition coefficient (Wildman–Crippen LogP) is 6.84. The van der Waals surface area contributed by atoms with Crippen molar-refractivity contribution in [2.24, 2.45) is 0 Å². The normalized spacial score (nSPS) is 12.0. The summed E-state index contributed by atoms with van der Waals surface area (Å²) >= 11 is 0. The number of aromatic nitrogens is 2. The number of nitrogens with zero attached hydrogens (tertiary/aromatic N) is 2. The van der Waals surface area contributed by atoms with E-state index in [1.165, 1.54) is 0 Å². The first-order valence-electron chi connectivity index (χ1n) is 16.4. The molecule has 0 bridgehead atoms. The van der Waals surface area contributed by atoms with Gasteiger partial charge in [-0.25, -0.2) is 87.8 Å². The third-order valence-electron chi connectivity index (χ3n) is 9.22. The topological polar surface area (TPSA) is 50.9 Å². The van der Waals surface area contributed by atoms with Crippen molar-refractivity contribution in [2.45, 2.75) is 11.4 Å². The lowest BCUT2D eigenvalue weighted by Crippen LogP contribution is -2.81. The molecule has 0 saturated heterocycles. The maximum atomic E-state index is 15.4. The van der Waals surface area contributed by atoms with Crippen LogP contribution >= 0.6 is 0 Å². The highest BCUT2D eigenvalue weighted by molar-refractivity contribution is 7.84. The highest BCUT2D eigenvalue weighted by atomic mass is 32.2. The zero-order valence-corrected chi connectivity index (χ0v) is 30.9. The Labute approximate surface area is 339 Å². The van der Waals surface area contributed by atoms with Gasteiger partial charge in [-0.15, -0.1) is 21.9 Å². The number of hydrogen-bond acceptors (Lipinski definition) is 3. The molecule has 1 unspecified atom stereocenters. The van der Waals surface area contributed by atoms with Crippen LogP contribution in [-0.4, -0.2) is 27.4 Å². The lowest BCUT2D eigenvalue weighted by molar-refractivity contribution is -0.683. The van der Waals surface area contributed by atoms with Crippen molar-refractivity contribution in [3.05, 3.63) is 171 Å². The monoisotopic (exact) mass is 940 g/mol. The molecule has 4 nitrogen and oxygen atoms in total. The van der Waals surface area contributed by atoms with E-state index >= 15 is 35.1 Å². The second-order valence-corrected chi connectivity index (χ2v) is 13.9. The van der Waals surface area contributed by atoms with Gasteiger partial charge in [-0.1, -0.05) is 12.1 Å². The molecule has 0 N–H and O–H groups in total. The van der Waals surface area contributed by atoms with Gasteiger partial charge in [0.25, 0.3) is 0 Å². The minimum atomic E-state index is -7.22. The maximum absolute atomic E-state index is 15.4. The van der Waals surface area contributed by atoms with Crippen molar-refractivity contribution in [2.75, 3.05) is 6.26 Å². The highest BCUT2D eigenvalue weighted by Gasteiger charge is 2.52. The Kier molecular flexibility index (Phi) is 13.5. The molecular formula is C37H13BF20N2O2S. The number of Topliss-reactive ketones (excluding diaryl/α,β-unsaturated/α-hetero) is 1. The molecule has 63 heavy (non-hydrogen) atoms. The van der Waals surface area contributed by atoms with Crippen LogP contribution in [0.15, 0.2) is 53.9 Å². The molecule has 6 rings (SSSR count). The van der Waals surface area contributed by atoms with Gasteiger partial charge in [0.2, 0.25) is 12.3 Å². The molecule has 332 valence electrons. The van der Waals surface area contributed by atoms with E-state index < -0.39 is 155 Å². The van der Waals surface area contributed by atoms with Crippen molar-refractivity contribution in [1.82, 2.24) is 4.98 Å². The summed E-state index contributed by atoms with van der Waals surface area (Å²) in [4.78, 5) is 16.6. The lowest BCUT2D eigenvalue weighted by Gasteiger charge is -2.44. The van der Waals surface area contributed by atoms with Crippen LogP contribution in [0.4, 0.5) is 87.8 Å². The first-order valence-corrected chi connectivity index (χ1v) is 17.9. The second kappa shape index (κ2) is 17.8. The molecule has 0 saturated carbocycles. The molecule has 0 radical (unpaired) electrons. The Bertz CT molecular complexity index is 2500. The number of rotatable bonds is 8. The largest absolute Gasteiger partial charge is 0.287 e. The maximum Gasteiger partial charge on any atom is 0.228 e. The molecular weight excluding hydrogens is 927 g/mol. The highest BCUT2D eigenvalue weighted by Crippen LogP contribution is 2.31. The molecule has 0 aliphatic rings. The molecule has 1 aromatic heterocycles. The summed E-state index contributed by atoms with van der Waals surface area (Å²) in [6.45, 7) is 0.219. The zero-order chi connectivity index (χ0) is 47.3. The number of ketones is 1. The van der Waals surface area contributed by atoms with E-state index in [1.807, 2.05) is 0 Å². The predicted molar refractivity (Wildman–Crippen MR) is 177 cm³/mol. The number of halogens is 20. The minimum absolute atomic E-state index is 0.0583. The van der Waals surface area contributed by atoms with Gasteiger partial charge in [0, 0.05) is 16.7 Å². The number of carbonyl (C=O) groups excluding carboxylic acids is 1. The molecule has 6 aromatic rings. The standard InChI is InChI=1S/C24BF20.C13H13N2O2S/c26-5-1(6(27)14(35)21(42)13(5)34)25(2-7(28)15(36)22(43)16(37)8(2)29,3-9(30)17(38)23(44)18(39)10(3)31)4-11(32)19(40)24(45)20(41)12(4)33;1-18(17)13-5-3-2-4-11(13)12(16)10-15-8-6-14-7-9-15/h;2-9H,10H2,1H3/q-1;+1. The van der Waals surface area contributed by atoms with Crippen molar-refractivity contribution in [3.8, 4) is 0 Å². The van der Waals surface area contributed by atoms with Crippen LogP contribution in [0.3, 0.4) is 0 Å². The Hall–Kier alpha value is -6.34. The molecule has 0 aliphatic heterocycles. The number of carbonyl (C=O) groups is 1. The van der Waals surface area contributed by atoms with Gasteiger partial charge >= 0.3 is 0 Å². The third kappa shape index (κ3) is 7.66. The van der Waals surface area contributed by atoms with Crippen molar-refractivity contribution in [3.63, 3.8) is 0 Å². The van der Waals surface area contributed by atoms with Crippen LogP contribution in [0.25, 0.3) is 0 Å². The van der Waals surface area contributed by atoms with Crippen LogP contribution in [0.1, 0.15) is 10.4 Å². The summed E-state index contributed by atoms with van der Waals surface area (Å²) in [6.07, 6.45) is 1.05. The van der Waals surface area contributed by atoms with E-state index in [-0.39, 0.29) is 12.3 Å². The lowest BCUT2D eigenvalue weighted by atomic mass is 9.12. The van der Waals surface area contributed by atoms with Gasteiger partial charge in [0.05, 0.1) is 23.2 Å². The Morgan fingerprint density at radius 2 is 0.714 bits per heavy atom. The van der Waals surface area contributed by atoms with E-state index in [0.29, 0.717) is 10.5 Å². The zero-order valence-electron chi connectivity index (χ0n) is 30.1. The first-order chi connectivity index (χ1) is 29.4. The van der Waals surface area contributed by atoms with E-state index in [2.05, 4.69) is 4.98 Å².